The highest BCUT2D eigenvalue weighted by Crippen LogP contribution is 2.39. The SMILES string of the molecule is CCCC(=O)Nc1cccc(SC(CC)C(=O)Nc2sc3c(c2C(=O)OC)CCCC3)c1. The quantitative estimate of drug-likeness (QED) is 0.362. The van der Waals surface area contributed by atoms with Gasteiger partial charge in [-0.2, -0.15) is 0 Å². The zero-order valence-electron chi connectivity index (χ0n) is 18.8. The fourth-order valence-electron chi connectivity index (χ4n) is 3.75. The van der Waals surface area contributed by atoms with E-state index in [0.29, 0.717) is 23.4 Å². The van der Waals surface area contributed by atoms with E-state index in [1.165, 1.54) is 35.1 Å². The average Bonchev–Trinajstić information content (AvgIpc) is 3.15. The van der Waals surface area contributed by atoms with Gasteiger partial charge in [-0.15, -0.1) is 23.1 Å². The van der Waals surface area contributed by atoms with Crippen LogP contribution in [0.2, 0.25) is 0 Å². The number of benzene rings is 1. The number of hydrogen-bond donors (Lipinski definition) is 2. The third-order valence-electron chi connectivity index (χ3n) is 5.33. The summed E-state index contributed by atoms with van der Waals surface area (Å²) in [7, 11) is 1.37. The Kier molecular flexibility index (Phi) is 8.75. The second kappa shape index (κ2) is 11.5. The van der Waals surface area contributed by atoms with Gasteiger partial charge in [0, 0.05) is 21.9 Å². The van der Waals surface area contributed by atoms with Crippen LogP contribution in [0.4, 0.5) is 10.7 Å². The Balaban J connectivity index is 1.74. The van der Waals surface area contributed by atoms with Gasteiger partial charge in [0.2, 0.25) is 11.8 Å². The van der Waals surface area contributed by atoms with Gasteiger partial charge in [0.25, 0.3) is 0 Å². The molecule has 1 heterocycles. The van der Waals surface area contributed by atoms with Crippen LogP contribution in [0.15, 0.2) is 29.2 Å². The van der Waals surface area contributed by atoms with Crippen molar-refractivity contribution in [3.05, 3.63) is 40.3 Å². The predicted molar refractivity (Wildman–Crippen MR) is 131 cm³/mol. The summed E-state index contributed by atoms with van der Waals surface area (Å²) in [5.74, 6) is -0.547. The molecule has 8 heteroatoms. The molecule has 2 aromatic rings. The van der Waals surface area contributed by atoms with E-state index in [0.717, 1.165) is 48.3 Å². The number of esters is 1. The minimum atomic E-state index is -0.393. The molecule has 1 aliphatic rings. The molecule has 6 nitrogen and oxygen atoms in total. The predicted octanol–water partition coefficient (Wildman–Crippen LogP) is 5.66. The summed E-state index contributed by atoms with van der Waals surface area (Å²) < 4.78 is 5.00. The molecule has 0 saturated carbocycles. The first kappa shape index (κ1) is 24.3. The Morgan fingerprint density at radius 2 is 1.94 bits per heavy atom. The van der Waals surface area contributed by atoms with Crippen molar-refractivity contribution >= 4 is 51.6 Å². The van der Waals surface area contributed by atoms with Crippen molar-refractivity contribution in [1.29, 1.82) is 0 Å². The Morgan fingerprint density at radius 3 is 2.66 bits per heavy atom. The highest BCUT2D eigenvalue weighted by Gasteiger charge is 2.28. The first-order chi connectivity index (χ1) is 15.5. The van der Waals surface area contributed by atoms with Gasteiger partial charge in [0.15, 0.2) is 0 Å². The van der Waals surface area contributed by atoms with Crippen molar-refractivity contribution in [2.75, 3.05) is 17.7 Å². The Hall–Kier alpha value is -2.32. The molecular weight excluding hydrogens is 444 g/mol. The Morgan fingerprint density at radius 1 is 1.16 bits per heavy atom. The Bertz CT molecular complexity index is 986. The highest BCUT2D eigenvalue weighted by molar-refractivity contribution is 8.00. The van der Waals surface area contributed by atoms with Crippen molar-refractivity contribution in [2.24, 2.45) is 0 Å². The summed E-state index contributed by atoms with van der Waals surface area (Å²) in [4.78, 5) is 39.5. The number of hydrogen-bond acceptors (Lipinski definition) is 6. The molecular formula is C24H30N2O4S2. The van der Waals surface area contributed by atoms with E-state index >= 15 is 0 Å². The number of methoxy groups -OCH3 is 1. The summed E-state index contributed by atoms with van der Waals surface area (Å²) >= 11 is 2.94. The van der Waals surface area contributed by atoms with Crippen LogP contribution in [0.5, 0.6) is 0 Å². The number of amides is 2. The van der Waals surface area contributed by atoms with Crippen LogP contribution in [0.25, 0.3) is 0 Å². The number of anilines is 2. The zero-order chi connectivity index (χ0) is 23.1. The third-order valence-corrected chi connectivity index (χ3v) is 7.90. The molecule has 1 aromatic carbocycles. The first-order valence-corrected chi connectivity index (χ1v) is 12.8. The van der Waals surface area contributed by atoms with Gasteiger partial charge in [-0.1, -0.05) is 19.9 Å². The van der Waals surface area contributed by atoms with Gasteiger partial charge >= 0.3 is 5.97 Å². The van der Waals surface area contributed by atoms with E-state index in [1.54, 1.807) is 0 Å². The number of aryl methyl sites for hydroxylation is 1. The second-order valence-electron chi connectivity index (χ2n) is 7.74. The molecule has 1 aromatic heterocycles. The van der Waals surface area contributed by atoms with Gasteiger partial charge in [-0.05, 0) is 62.3 Å². The van der Waals surface area contributed by atoms with E-state index in [9.17, 15) is 14.4 Å². The number of thiophene rings is 1. The van der Waals surface area contributed by atoms with Gasteiger partial charge in [0.1, 0.15) is 5.00 Å². The van der Waals surface area contributed by atoms with Crippen molar-refractivity contribution in [3.8, 4) is 0 Å². The fourth-order valence-corrected chi connectivity index (χ4v) is 6.04. The molecule has 1 aliphatic carbocycles. The number of carbonyl (C=O) groups is 3. The van der Waals surface area contributed by atoms with Crippen molar-refractivity contribution in [3.63, 3.8) is 0 Å². The lowest BCUT2D eigenvalue weighted by molar-refractivity contribution is -0.116. The summed E-state index contributed by atoms with van der Waals surface area (Å²) in [5, 5.41) is 6.16. The van der Waals surface area contributed by atoms with E-state index in [1.807, 2.05) is 38.1 Å². The van der Waals surface area contributed by atoms with Crippen molar-refractivity contribution in [1.82, 2.24) is 0 Å². The van der Waals surface area contributed by atoms with E-state index in [-0.39, 0.29) is 17.1 Å². The monoisotopic (exact) mass is 474 g/mol. The maximum atomic E-state index is 13.1. The first-order valence-electron chi connectivity index (χ1n) is 11.1. The molecule has 1 unspecified atom stereocenters. The van der Waals surface area contributed by atoms with Gasteiger partial charge in [0.05, 0.1) is 17.9 Å². The molecule has 0 aliphatic heterocycles. The smallest absolute Gasteiger partial charge is 0.341 e. The van der Waals surface area contributed by atoms with E-state index in [2.05, 4.69) is 10.6 Å². The van der Waals surface area contributed by atoms with Crippen LogP contribution < -0.4 is 10.6 Å². The third kappa shape index (κ3) is 5.92. The van der Waals surface area contributed by atoms with Crippen LogP contribution in [0.3, 0.4) is 0 Å². The maximum Gasteiger partial charge on any atom is 0.341 e. The van der Waals surface area contributed by atoms with Gasteiger partial charge in [-0.25, -0.2) is 4.79 Å². The minimum Gasteiger partial charge on any atom is -0.465 e. The maximum absolute atomic E-state index is 13.1. The molecule has 0 spiro atoms. The lowest BCUT2D eigenvalue weighted by Gasteiger charge is -2.16. The lowest BCUT2D eigenvalue weighted by atomic mass is 9.95. The molecule has 0 bridgehead atoms. The number of rotatable bonds is 9. The molecule has 3 rings (SSSR count). The van der Waals surface area contributed by atoms with E-state index < -0.39 is 5.97 Å². The molecule has 1 atom stereocenters. The molecule has 0 radical (unpaired) electrons. The Labute approximate surface area is 197 Å². The van der Waals surface area contributed by atoms with Crippen LogP contribution in [-0.4, -0.2) is 30.1 Å². The summed E-state index contributed by atoms with van der Waals surface area (Å²) in [5.41, 5.74) is 2.27. The van der Waals surface area contributed by atoms with Gasteiger partial charge < -0.3 is 15.4 Å². The topological polar surface area (TPSA) is 84.5 Å². The van der Waals surface area contributed by atoms with Crippen LogP contribution in [0, 0.1) is 0 Å². The standard InChI is InChI=1S/C24H30N2O4S2/c1-4-9-20(27)25-15-10-8-11-16(14-15)31-18(5-2)22(28)26-23-21(24(29)30-3)17-12-6-7-13-19(17)32-23/h8,10-11,14,18H,4-7,9,12-13H2,1-3H3,(H,25,27)(H,26,28). The molecule has 2 N–H and O–H groups in total. The number of ether oxygens (including phenoxy) is 1. The van der Waals surface area contributed by atoms with Gasteiger partial charge in [-0.3, -0.25) is 9.59 Å². The van der Waals surface area contributed by atoms with Crippen LogP contribution >= 0.6 is 23.1 Å². The number of fused-ring (bicyclic) bond motifs is 1. The largest absolute Gasteiger partial charge is 0.465 e. The number of nitrogens with one attached hydrogen (secondary N) is 2. The second-order valence-corrected chi connectivity index (χ2v) is 10.1. The minimum absolute atomic E-state index is 0.0172. The van der Waals surface area contributed by atoms with Crippen molar-refractivity contribution < 1.29 is 19.1 Å². The molecule has 2 amide bonds. The summed E-state index contributed by atoms with van der Waals surface area (Å²) in [6.07, 6.45) is 5.81. The molecule has 0 fully saturated rings. The normalized spacial score (nSPS) is 13.7. The van der Waals surface area contributed by atoms with Crippen molar-refractivity contribution in [2.45, 2.75) is 68.9 Å². The fraction of sp³-hybridized carbons (Fsp3) is 0.458. The molecule has 0 saturated heterocycles. The average molecular weight is 475 g/mol. The highest BCUT2D eigenvalue weighted by atomic mass is 32.2. The lowest BCUT2D eigenvalue weighted by Crippen LogP contribution is -2.25. The number of thioether (sulfide) groups is 1. The summed E-state index contributed by atoms with van der Waals surface area (Å²) in [6.45, 7) is 3.93. The molecule has 172 valence electrons. The van der Waals surface area contributed by atoms with E-state index in [4.69, 9.17) is 4.74 Å². The summed E-state index contributed by atoms with van der Waals surface area (Å²) in [6, 6.07) is 7.53. The van der Waals surface area contributed by atoms with Crippen LogP contribution in [-0.2, 0) is 27.2 Å². The zero-order valence-corrected chi connectivity index (χ0v) is 20.4. The number of carbonyl (C=O) groups excluding carboxylic acids is 3. The van der Waals surface area contributed by atoms with Crippen LogP contribution in [0.1, 0.15) is 66.8 Å². The molecule has 32 heavy (non-hydrogen) atoms.